The minimum atomic E-state index is 0.669. The Kier molecular flexibility index (Phi) is 2.37. The number of hydrogen-bond donors (Lipinski definition) is 0. The molecule has 3 heteroatoms. The standard InChI is InChI=1S/C14H12N2O/c1-2-17-10-7-8-14-12(9-10)11-5-3-4-6-13(11)15-16-14/h3-9H,2H2,1H3. The molecule has 17 heavy (non-hydrogen) atoms. The number of aromatic nitrogens is 2. The van der Waals surface area contributed by atoms with Gasteiger partial charge in [0.1, 0.15) is 5.75 Å². The van der Waals surface area contributed by atoms with Crippen molar-refractivity contribution in [1.82, 2.24) is 10.2 Å². The van der Waals surface area contributed by atoms with Gasteiger partial charge in [-0.2, -0.15) is 0 Å². The summed E-state index contributed by atoms with van der Waals surface area (Å²) in [4.78, 5) is 0. The molecule has 0 saturated heterocycles. The highest BCUT2D eigenvalue weighted by molar-refractivity contribution is 6.03. The molecule has 0 radical (unpaired) electrons. The first-order chi connectivity index (χ1) is 8.38. The predicted octanol–water partition coefficient (Wildman–Crippen LogP) is 3.18. The molecule has 0 spiro atoms. The van der Waals surface area contributed by atoms with E-state index >= 15 is 0 Å². The van der Waals surface area contributed by atoms with Crippen LogP contribution in [0.2, 0.25) is 0 Å². The number of ether oxygens (including phenoxy) is 1. The summed E-state index contributed by atoms with van der Waals surface area (Å²) in [6.45, 7) is 2.65. The molecule has 0 bridgehead atoms. The topological polar surface area (TPSA) is 35.0 Å². The van der Waals surface area contributed by atoms with Crippen molar-refractivity contribution in [3.63, 3.8) is 0 Å². The Morgan fingerprint density at radius 2 is 1.71 bits per heavy atom. The summed E-state index contributed by atoms with van der Waals surface area (Å²) >= 11 is 0. The van der Waals surface area contributed by atoms with E-state index in [0.29, 0.717) is 6.61 Å². The fraction of sp³-hybridized carbons (Fsp3) is 0.143. The molecule has 0 amide bonds. The Morgan fingerprint density at radius 3 is 2.53 bits per heavy atom. The zero-order valence-electron chi connectivity index (χ0n) is 9.55. The third-order valence-corrected chi connectivity index (χ3v) is 2.74. The quantitative estimate of drug-likeness (QED) is 0.627. The molecule has 0 aliphatic carbocycles. The van der Waals surface area contributed by atoms with Gasteiger partial charge in [0.05, 0.1) is 17.6 Å². The van der Waals surface area contributed by atoms with Crippen LogP contribution in [0.4, 0.5) is 0 Å². The monoisotopic (exact) mass is 224 g/mol. The summed E-state index contributed by atoms with van der Waals surface area (Å²) in [7, 11) is 0. The second-order valence-corrected chi connectivity index (χ2v) is 3.83. The normalized spacial score (nSPS) is 10.9. The van der Waals surface area contributed by atoms with Gasteiger partial charge in [0.15, 0.2) is 0 Å². The lowest BCUT2D eigenvalue weighted by atomic mass is 10.1. The lowest BCUT2D eigenvalue weighted by Crippen LogP contribution is -1.92. The van der Waals surface area contributed by atoms with Crippen molar-refractivity contribution in [2.45, 2.75) is 6.92 Å². The van der Waals surface area contributed by atoms with Crippen molar-refractivity contribution in [1.29, 1.82) is 0 Å². The van der Waals surface area contributed by atoms with Gasteiger partial charge in [-0.05, 0) is 31.2 Å². The fourth-order valence-electron chi connectivity index (χ4n) is 1.97. The second-order valence-electron chi connectivity index (χ2n) is 3.83. The molecule has 0 unspecified atom stereocenters. The average molecular weight is 224 g/mol. The van der Waals surface area contributed by atoms with Gasteiger partial charge in [-0.25, -0.2) is 0 Å². The average Bonchev–Trinajstić information content (AvgIpc) is 2.39. The summed E-state index contributed by atoms with van der Waals surface area (Å²) in [5.41, 5.74) is 1.81. The fourth-order valence-corrected chi connectivity index (χ4v) is 1.97. The van der Waals surface area contributed by atoms with E-state index in [2.05, 4.69) is 16.3 Å². The summed E-state index contributed by atoms with van der Waals surface area (Å²) in [5, 5.41) is 10.6. The lowest BCUT2D eigenvalue weighted by Gasteiger charge is -2.05. The van der Waals surface area contributed by atoms with Crippen molar-refractivity contribution in [3.05, 3.63) is 42.5 Å². The van der Waals surface area contributed by atoms with Crippen LogP contribution in [0.3, 0.4) is 0 Å². The zero-order chi connectivity index (χ0) is 11.7. The van der Waals surface area contributed by atoms with Crippen LogP contribution in [0.15, 0.2) is 42.5 Å². The van der Waals surface area contributed by atoms with Gasteiger partial charge in [0.25, 0.3) is 0 Å². The first-order valence-electron chi connectivity index (χ1n) is 5.66. The SMILES string of the molecule is CCOc1ccc2nnc3ccccc3c2c1. The Bertz CT molecular complexity index is 679. The minimum Gasteiger partial charge on any atom is -0.494 e. The van der Waals surface area contributed by atoms with E-state index in [9.17, 15) is 0 Å². The molecule has 0 atom stereocenters. The third kappa shape index (κ3) is 1.69. The van der Waals surface area contributed by atoms with Crippen LogP contribution in [0, 0.1) is 0 Å². The van der Waals surface area contributed by atoms with Crippen molar-refractivity contribution in [3.8, 4) is 5.75 Å². The molecule has 0 saturated carbocycles. The van der Waals surface area contributed by atoms with Crippen molar-refractivity contribution < 1.29 is 4.74 Å². The Labute approximate surface area is 99.0 Å². The van der Waals surface area contributed by atoms with E-state index < -0.39 is 0 Å². The molecule has 3 nitrogen and oxygen atoms in total. The van der Waals surface area contributed by atoms with Crippen molar-refractivity contribution in [2.24, 2.45) is 0 Å². The van der Waals surface area contributed by atoms with Gasteiger partial charge in [0.2, 0.25) is 0 Å². The molecule has 2 aromatic carbocycles. The first kappa shape index (κ1) is 10.0. The Morgan fingerprint density at radius 1 is 0.941 bits per heavy atom. The largest absolute Gasteiger partial charge is 0.494 e. The maximum atomic E-state index is 5.51. The Balaban J connectivity index is 2.34. The van der Waals surface area contributed by atoms with Gasteiger partial charge in [-0.3, -0.25) is 0 Å². The first-order valence-corrected chi connectivity index (χ1v) is 5.66. The molecule has 0 aliphatic rings. The predicted molar refractivity (Wildman–Crippen MR) is 68.2 cm³/mol. The molecular weight excluding hydrogens is 212 g/mol. The maximum Gasteiger partial charge on any atom is 0.120 e. The van der Waals surface area contributed by atoms with Gasteiger partial charge >= 0.3 is 0 Å². The van der Waals surface area contributed by atoms with E-state index in [1.807, 2.05) is 43.3 Å². The van der Waals surface area contributed by atoms with Crippen LogP contribution in [-0.4, -0.2) is 16.8 Å². The van der Waals surface area contributed by atoms with Gasteiger partial charge in [-0.15, -0.1) is 10.2 Å². The maximum absolute atomic E-state index is 5.51. The van der Waals surface area contributed by atoms with Gasteiger partial charge in [0, 0.05) is 10.8 Å². The number of rotatable bonds is 2. The van der Waals surface area contributed by atoms with E-state index in [-0.39, 0.29) is 0 Å². The molecule has 1 heterocycles. The minimum absolute atomic E-state index is 0.669. The van der Waals surface area contributed by atoms with Crippen molar-refractivity contribution in [2.75, 3.05) is 6.61 Å². The molecule has 0 aliphatic heterocycles. The van der Waals surface area contributed by atoms with Crippen LogP contribution < -0.4 is 4.74 Å². The highest BCUT2D eigenvalue weighted by Gasteiger charge is 2.03. The van der Waals surface area contributed by atoms with E-state index in [1.165, 1.54) is 0 Å². The highest BCUT2D eigenvalue weighted by Crippen LogP contribution is 2.25. The molecule has 0 N–H and O–H groups in total. The molecule has 3 rings (SSSR count). The molecule has 3 aromatic rings. The summed E-state index contributed by atoms with van der Waals surface area (Å²) < 4.78 is 5.51. The van der Waals surface area contributed by atoms with Crippen LogP contribution in [0.5, 0.6) is 5.75 Å². The zero-order valence-corrected chi connectivity index (χ0v) is 9.55. The van der Waals surface area contributed by atoms with Gasteiger partial charge < -0.3 is 4.74 Å². The van der Waals surface area contributed by atoms with Crippen LogP contribution in [0.25, 0.3) is 21.8 Å². The molecule has 1 aromatic heterocycles. The van der Waals surface area contributed by atoms with Gasteiger partial charge in [-0.1, -0.05) is 18.2 Å². The van der Waals surface area contributed by atoms with Crippen LogP contribution in [0.1, 0.15) is 6.92 Å². The third-order valence-electron chi connectivity index (χ3n) is 2.74. The number of nitrogens with zero attached hydrogens (tertiary/aromatic N) is 2. The number of hydrogen-bond acceptors (Lipinski definition) is 3. The van der Waals surface area contributed by atoms with E-state index in [1.54, 1.807) is 0 Å². The summed E-state index contributed by atoms with van der Waals surface area (Å²) in [6.07, 6.45) is 0. The molecule has 84 valence electrons. The van der Waals surface area contributed by atoms with Crippen LogP contribution in [-0.2, 0) is 0 Å². The molecule has 0 fully saturated rings. The van der Waals surface area contributed by atoms with E-state index in [4.69, 9.17) is 4.74 Å². The Hall–Kier alpha value is -2.16. The number of fused-ring (bicyclic) bond motifs is 3. The lowest BCUT2D eigenvalue weighted by molar-refractivity contribution is 0.341. The summed E-state index contributed by atoms with van der Waals surface area (Å²) in [6, 6.07) is 13.9. The highest BCUT2D eigenvalue weighted by atomic mass is 16.5. The summed E-state index contributed by atoms with van der Waals surface area (Å²) in [5.74, 6) is 0.873. The number of benzene rings is 2. The van der Waals surface area contributed by atoms with E-state index in [0.717, 1.165) is 27.6 Å². The molecular formula is C14H12N2O. The second kappa shape index (κ2) is 4.01. The smallest absolute Gasteiger partial charge is 0.120 e. The van der Waals surface area contributed by atoms with Crippen LogP contribution >= 0.6 is 0 Å². The van der Waals surface area contributed by atoms with Crippen molar-refractivity contribution >= 4 is 21.8 Å².